The number of ether oxygens (including phenoxy) is 1. The summed E-state index contributed by atoms with van der Waals surface area (Å²) in [5.41, 5.74) is 7.43. The van der Waals surface area contributed by atoms with Crippen LogP contribution in [-0.2, 0) is 0 Å². The number of carbonyl (C=O) groups excluding carboxylic acids is 1. The number of aromatic nitrogens is 1. The average molecular weight is 300 g/mol. The topological polar surface area (TPSA) is 80.5 Å². The van der Waals surface area contributed by atoms with E-state index in [1.54, 1.807) is 24.3 Å². The third-order valence-electron chi connectivity index (χ3n) is 4.02. The summed E-state index contributed by atoms with van der Waals surface area (Å²) in [4.78, 5) is 18.5. The van der Waals surface area contributed by atoms with Crippen LogP contribution in [0.15, 0.2) is 30.5 Å². The molecule has 1 aromatic heterocycles. The number of nitrogens with zero attached hydrogens (tertiary/aromatic N) is 2. The van der Waals surface area contributed by atoms with Gasteiger partial charge in [-0.3, -0.25) is 4.98 Å². The van der Waals surface area contributed by atoms with Crippen LogP contribution in [0.2, 0.25) is 0 Å². The highest BCUT2D eigenvalue weighted by atomic mass is 16.5. The Balaban J connectivity index is 1.82. The molecule has 1 saturated heterocycles. The molecule has 6 heteroatoms. The van der Waals surface area contributed by atoms with Crippen LogP contribution < -0.4 is 15.8 Å². The number of nitrogens with one attached hydrogen (secondary N) is 1. The number of fused-ring (bicyclic) bond motifs is 1. The number of benzene rings is 1. The van der Waals surface area contributed by atoms with Crippen molar-refractivity contribution in [2.45, 2.75) is 18.9 Å². The minimum absolute atomic E-state index is 0.0952. The number of anilines is 1. The van der Waals surface area contributed by atoms with Gasteiger partial charge in [0.15, 0.2) is 0 Å². The Kier molecular flexibility index (Phi) is 4.11. The first-order valence-electron chi connectivity index (χ1n) is 7.41. The largest absolute Gasteiger partial charge is 0.497 e. The molecule has 3 rings (SSSR count). The van der Waals surface area contributed by atoms with Gasteiger partial charge in [-0.15, -0.1) is 0 Å². The highest BCUT2D eigenvalue weighted by molar-refractivity contribution is 6.00. The molecule has 22 heavy (non-hydrogen) atoms. The van der Waals surface area contributed by atoms with Crippen LogP contribution in [0.4, 0.5) is 10.5 Å². The number of likely N-dealkylation sites (tertiary alicyclic amines) is 1. The highest BCUT2D eigenvalue weighted by Crippen LogP contribution is 2.26. The van der Waals surface area contributed by atoms with Crippen molar-refractivity contribution in [2.75, 3.05) is 25.5 Å². The molecule has 0 atom stereocenters. The van der Waals surface area contributed by atoms with Crippen molar-refractivity contribution in [1.29, 1.82) is 0 Å². The zero-order valence-electron chi connectivity index (χ0n) is 12.6. The summed E-state index contributed by atoms with van der Waals surface area (Å²) in [7, 11) is 1.62. The average Bonchev–Trinajstić information content (AvgIpc) is 2.55. The van der Waals surface area contributed by atoms with E-state index < -0.39 is 0 Å². The maximum atomic E-state index is 12.4. The van der Waals surface area contributed by atoms with Gasteiger partial charge in [-0.25, -0.2) is 4.79 Å². The number of amides is 2. The van der Waals surface area contributed by atoms with E-state index in [4.69, 9.17) is 10.5 Å². The normalized spacial score (nSPS) is 15.8. The molecule has 2 aromatic rings. The van der Waals surface area contributed by atoms with Crippen LogP contribution in [0.5, 0.6) is 5.75 Å². The second-order valence-corrected chi connectivity index (χ2v) is 5.50. The number of nitrogens with two attached hydrogens (primary N) is 1. The fourth-order valence-corrected chi connectivity index (χ4v) is 2.66. The van der Waals surface area contributed by atoms with E-state index in [1.165, 1.54) is 0 Å². The number of hydrogen-bond donors (Lipinski definition) is 2. The van der Waals surface area contributed by atoms with Crippen molar-refractivity contribution in [3.63, 3.8) is 0 Å². The predicted octanol–water partition coefficient (Wildman–Crippen LogP) is 2.20. The first kappa shape index (κ1) is 14.6. The van der Waals surface area contributed by atoms with Crippen LogP contribution in [0, 0.1) is 0 Å². The Labute approximate surface area is 129 Å². The lowest BCUT2D eigenvalue weighted by molar-refractivity contribution is 0.195. The standard InChI is InChI=1S/C16H20N4O2/c1-22-12-2-3-14-13(10-12)15(4-7-18-14)19-16(21)20-8-5-11(17)6-9-20/h2-4,7,10-11H,5-6,8-9,17H2,1H3,(H,18,19,21). The monoisotopic (exact) mass is 300 g/mol. The van der Waals surface area contributed by atoms with Crippen molar-refractivity contribution >= 4 is 22.6 Å². The van der Waals surface area contributed by atoms with Gasteiger partial charge in [-0.1, -0.05) is 0 Å². The van der Waals surface area contributed by atoms with Gasteiger partial charge in [-0.2, -0.15) is 0 Å². The number of rotatable bonds is 2. The van der Waals surface area contributed by atoms with E-state index in [9.17, 15) is 4.79 Å². The molecule has 2 amide bonds. The molecule has 0 aliphatic carbocycles. The van der Waals surface area contributed by atoms with Gasteiger partial charge in [0.05, 0.1) is 18.3 Å². The van der Waals surface area contributed by atoms with Crippen molar-refractivity contribution in [1.82, 2.24) is 9.88 Å². The lowest BCUT2D eigenvalue weighted by atomic mass is 10.1. The Hall–Kier alpha value is -2.34. The molecular weight excluding hydrogens is 280 g/mol. The Morgan fingerprint density at radius 2 is 2.14 bits per heavy atom. The fraction of sp³-hybridized carbons (Fsp3) is 0.375. The molecule has 0 spiro atoms. The van der Waals surface area contributed by atoms with Gasteiger partial charge in [0, 0.05) is 30.7 Å². The van der Waals surface area contributed by atoms with Crippen molar-refractivity contribution in [3.05, 3.63) is 30.5 Å². The summed E-state index contributed by atoms with van der Waals surface area (Å²) >= 11 is 0. The zero-order valence-corrected chi connectivity index (χ0v) is 12.6. The lowest BCUT2D eigenvalue weighted by Crippen LogP contribution is -2.44. The van der Waals surface area contributed by atoms with Crippen LogP contribution in [0.1, 0.15) is 12.8 Å². The molecule has 116 valence electrons. The summed E-state index contributed by atoms with van der Waals surface area (Å²) in [6.07, 6.45) is 3.38. The van der Waals surface area contributed by atoms with E-state index in [-0.39, 0.29) is 12.1 Å². The third kappa shape index (κ3) is 2.96. The van der Waals surface area contributed by atoms with Gasteiger partial charge in [-0.05, 0) is 37.1 Å². The van der Waals surface area contributed by atoms with Crippen molar-refractivity contribution < 1.29 is 9.53 Å². The smallest absolute Gasteiger partial charge is 0.321 e. The van der Waals surface area contributed by atoms with Gasteiger partial charge in [0.2, 0.25) is 0 Å². The predicted molar refractivity (Wildman–Crippen MR) is 86.1 cm³/mol. The maximum absolute atomic E-state index is 12.4. The van der Waals surface area contributed by atoms with Gasteiger partial charge < -0.3 is 20.7 Å². The molecule has 1 aliphatic rings. The van der Waals surface area contributed by atoms with Crippen molar-refractivity contribution in [2.24, 2.45) is 5.73 Å². The highest BCUT2D eigenvalue weighted by Gasteiger charge is 2.21. The quantitative estimate of drug-likeness (QED) is 0.891. The van der Waals surface area contributed by atoms with E-state index in [0.717, 1.165) is 35.2 Å². The maximum Gasteiger partial charge on any atom is 0.321 e. The van der Waals surface area contributed by atoms with Crippen LogP contribution in [0.25, 0.3) is 10.9 Å². The number of hydrogen-bond acceptors (Lipinski definition) is 4. The lowest BCUT2D eigenvalue weighted by Gasteiger charge is -2.30. The molecule has 0 radical (unpaired) electrons. The zero-order chi connectivity index (χ0) is 15.5. The second-order valence-electron chi connectivity index (χ2n) is 5.50. The molecule has 6 nitrogen and oxygen atoms in total. The van der Waals surface area contributed by atoms with E-state index in [1.807, 2.05) is 18.2 Å². The summed E-state index contributed by atoms with van der Waals surface area (Å²) in [5.74, 6) is 0.736. The number of carbonyl (C=O) groups is 1. The van der Waals surface area contributed by atoms with Crippen LogP contribution in [0.3, 0.4) is 0 Å². The first-order chi connectivity index (χ1) is 10.7. The SMILES string of the molecule is COc1ccc2nccc(NC(=O)N3CCC(N)CC3)c2c1. The number of piperidine rings is 1. The number of urea groups is 1. The molecule has 2 heterocycles. The van der Waals surface area contributed by atoms with Gasteiger partial charge in [0.1, 0.15) is 5.75 Å². The van der Waals surface area contributed by atoms with Crippen molar-refractivity contribution in [3.8, 4) is 5.75 Å². The summed E-state index contributed by atoms with van der Waals surface area (Å²) in [5, 5.41) is 3.84. The van der Waals surface area contributed by atoms with Crippen LogP contribution >= 0.6 is 0 Å². The Morgan fingerprint density at radius 1 is 1.36 bits per heavy atom. The van der Waals surface area contributed by atoms with E-state index >= 15 is 0 Å². The molecule has 0 bridgehead atoms. The second kappa shape index (κ2) is 6.19. The Morgan fingerprint density at radius 3 is 2.86 bits per heavy atom. The molecule has 1 fully saturated rings. The molecule has 0 unspecified atom stereocenters. The van der Waals surface area contributed by atoms with Crippen LogP contribution in [-0.4, -0.2) is 42.2 Å². The third-order valence-corrected chi connectivity index (χ3v) is 4.02. The molecule has 1 aromatic carbocycles. The first-order valence-corrected chi connectivity index (χ1v) is 7.41. The molecule has 1 aliphatic heterocycles. The summed E-state index contributed by atoms with van der Waals surface area (Å²) in [6, 6.07) is 7.52. The minimum Gasteiger partial charge on any atom is -0.497 e. The van der Waals surface area contributed by atoms with E-state index in [0.29, 0.717) is 13.1 Å². The summed E-state index contributed by atoms with van der Waals surface area (Å²) in [6.45, 7) is 1.39. The summed E-state index contributed by atoms with van der Waals surface area (Å²) < 4.78 is 5.25. The number of pyridine rings is 1. The van der Waals surface area contributed by atoms with E-state index in [2.05, 4.69) is 10.3 Å². The molecule has 3 N–H and O–H groups in total. The fourth-order valence-electron chi connectivity index (χ4n) is 2.66. The minimum atomic E-state index is -0.0952. The molecular formula is C16H20N4O2. The van der Waals surface area contributed by atoms with Gasteiger partial charge >= 0.3 is 6.03 Å². The number of methoxy groups -OCH3 is 1. The van der Waals surface area contributed by atoms with Gasteiger partial charge in [0.25, 0.3) is 0 Å². The Bertz CT molecular complexity index is 681. The molecule has 0 saturated carbocycles.